The van der Waals surface area contributed by atoms with Gasteiger partial charge in [0.15, 0.2) is 5.82 Å². The molecule has 0 radical (unpaired) electrons. The lowest BCUT2D eigenvalue weighted by Crippen LogP contribution is -2.02. The first-order valence-electron chi connectivity index (χ1n) is 20.2. The minimum Gasteiger partial charge on any atom is -0.309 e. The van der Waals surface area contributed by atoms with Gasteiger partial charge in [0.1, 0.15) is 5.69 Å². The van der Waals surface area contributed by atoms with E-state index in [-0.39, 0.29) is 0 Å². The number of para-hydroxylation sites is 4. The molecule has 14 rings (SSSR count). The normalized spacial score (nSPS) is 12.4. The molecule has 5 nitrogen and oxygen atoms in total. The quantitative estimate of drug-likeness (QED) is 0.180. The topological polar surface area (TPSA) is 40.0 Å². The Balaban J connectivity index is 1.08. The Bertz CT molecular complexity index is 4070. The molecule has 14 aromatic rings. The van der Waals surface area contributed by atoms with Crippen LogP contribution < -0.4 is 0 Å². The van der Waals surface area contributed by atoms with Gasteiger partial charge in [0.05, 0.1) is 38.6 Å². The summed E-state index contributed by atoms with van der Waals surface area (Å²) in [5, 5.41) is 24.9. The lowest BCUT2D eigenvalue weighted by molar-refractivity contribution is 0.977. The molecule has 0 aliphatic rings. The molecule has 0 aliphatic carbocycles. The van der Waals surface area contributed by atoms with Gasteiger partial charge in [0, 0.05) is 65.1 Å². The first-order chi connectivity index (χ1) is 29.3. The third kappa shape index (κ3) is 4.03. The van der Waals surface area contributed by atoms with Crippen molar-refractivity contribution >= 4 is 103 Å². The number of hydrogen-bond donors (Lipinski definition) is 0. The predicted octanol–water partition coefficient (Wildman–Crippen LogP) is 13.8. The standard InChI is InChI=1S/C54H31N5/c1-2-16-35(17-3-1)57-44-23-11-8-18-36(44)38-27-26-34(30-47(38)57)52-39-20-6-7-21-40(39)54(56-55-52)59-46-25-13-10-22-41(46)50-49(59)31-42-37-19-9-12-24-45(37)58-48-29-33-15-5-4-14-32(33)28-43(48)51(50)53(42)58/h1-31H. The van der Waals surface area contributed by atoms with Gasteiger partial charge in [0.25, 0.3) is 0 Å². The van der Waals surface area contributed by atoms with Gasteiger partial charge in [-0.15, -0.1) is 10.2 Å². The van der Waals surface area contributed by atoms with Gasteiger partial charge >= 0.3 is 0 Å². The molecule has 0 fully saturated rings. The molecule has 5 heterocycles. The summed E-state index contributed by atoms with van der Waals surface area (Å²) >= 11 is 0. The molecule has 0 atom stereocenters. The smallest absolute Gasteiger partial charge is 0.168 e. The largest absolute Gasteiger partial charge is 0.309 e. The van der Waals surface area contributed by atoms with Crippen LogP contribution in [0.3, 0.4) is 0 Å². The number of benzene rings is 9. The van der Waals surface area contributed by atoms with Gasteiger partial charge in [-0.05, 0) is 65.4 Å². The maximum atomic E-state index is 5.21. The summed E-state index contributed by atoms with van der Waals surface area (Å²) in [6, 6.07) is 68.1. The second-order valence-electron chi connectivity index (χ2n) is 15.8. The van der Waals surface area contributed by atoms with Gasteiger partial charge in [-0.3, -0.25) is 4.57 Å². The van der Waals surface area contributed by atoms with Crippen LogP contribution in [0.2, 0.25) is 0 Å². The number of rotatable bonds is 3. The highest BCUT2D eigenvalue weighted by Crippen LogP contribution is 2.48. The summed E-state index contributed by atoms with van der Waals surface area (Å²) in [5.74, 6) is 0.821. The van der Waals surface area contributed by atoms with Crippen LogP contribution >= 0.6 is 0 Å². The SMILES string of the molecule is c1ccc(-n2c3ccccc3c3ccc(-c4nnc(-n5c6ccccc6c6c7c8cc9ccccc9cc8n8c9ccccc9c(cc65)c78)c5ccccc45)cc32)cc1. The molecule has 0 aliphatic heterocycles. The molecular formula is C54H31N5. The molecule has 5 aromatic heterocycles. The Kier molecular flexibility index (Phi) is 5.96. The average molecular weight is 750 g/mol. The van der Waals surface area contributed by atoms with E-state index >= 15 is 0 Å². The van der Waals surface area contributed by atoms with Crippen molar-refractivity contribution in [2.75, 3.05) is 0 Å². The summed E-state index contributed by atoms with van der Waals surface area (Å²) in [6.45, 7) is 0. The highest BCUT2D eigenvalue weighted by molar-refractivity contribution is 6.36. The molecule has 0 saturated heterocycles. The Labute approximate surface area is 336 Å². The van der Waals surface area contributed by atoms with Crippen molar-refractivity contribution in [1.82, 2.24) is 23.7 Å². The van der Waals surface area contributed by atoms with E-state index in [1.165, 1.54) is 75.9 Å². The molecule has 9 aromatic carbocycles. The van der Waals surface area contributed by atoms with Crippen LogP contribution in [0.15, 0.2) is 188 Å². The molecule has 0 unspecified atom stereocenters. The summed E-state index contributed by atoms with van der Waals surface area (Å²) in [4.78, 5) is 0. The van der Waals surface area contributed by atoms with Crippen LogP contribution in [0.25, 0.3) is 126 Å². The third-order valence-corrected chi connectivity index (χ3v) is 12.8. The molecule has 0 saturated carbocycles. The van der Waals surface area contributed by atoms with E-state index in [0.717, 1.165) is 50.1 Å². The summed E-state index contributed by atoms with van der Waals surface area (Å²) < 4.78 is 7.21. The van der Waals surface area contributed by atoms with Gasteiger partial charge in [-0.2, -0.15) is 0 Å². The molecular weight excluding hydrogens is 719 g/mol. The zero-order valence-electron chi connectivity index (χ0n) is 31.6. The van der Waals surface area contributed by atoms with Crippen LogP contribution in [0, 0.1) is 0 Å². The van der Waals surface area contributed by atoms with Crippen molar-refractivity contribution in [3.8, 4) is 22.8 Å². The van der Waals surface area contributed by atoms with Gasteiger partial charge < -0.3 is 8.97 Å². The number of fused-ring (bicyclic) bond motifs is 15. The molecule has 0 N–H and O–H groups in total. The molecule has 0 spiro atoms. The van der Waals surface area contributed by atoms with Crippen molar-refractivity contribution in [1.29, 1.82) is 0 Å². The van der Waals surface area contributed by atoms with Crippen LogP contribution in [-0.2, 0) is 0 Å². The van der Waals surface area contributed by atoms with Crippen LogP contribution in [0.5, 0.6) is 0 Å². The lowest BCUT2D eigenvalue weighted by atomic mass is 10.0. The number of nitrogens with zero attached hydrogens (tertiary/aromatic N) is 5. The average Bonchev–Trinajstić information content (AvgIpc) is 4.01. The maximum Gasteiger partial charge on any atom is 0.168 e. The Morgan fingerprint density at radius 1 is 0.322 bits per heavy atom. The Hall–Kier alpha value is -8.02. The predicted molar refractivity (Wildman–Crippen MR) is 246 cm³/mol. The van der Waals surface area contributed by atoms with Crippen molar-refractivity contribution in [2.45, 2.75) is 0 Å². The van der Waals surface area contributed by atoms with E-state index in [0.29, 0.717) is 0 Å². The first-order valence-corrected chi connectivity index (χ1v) is 20.2. The van der Waals surface area contributed by atoms with Crippen molar-refractivity contribution < 1.29 is 0 Å². The minimum absolute atomic E-state index is 0.821. The van der Waals surface area contributed by atoms with Gasteiger partial charge in [-0.1, -0.05) is 133 Å². The van der Waals surface area contributed by atoms with Crippen molar-refractivity contribution in [3.63, 3.8) is 0 Å². The molecule has 272 valence electrons. The number of aromatic nitrogens is 5. The van der Waals surface area contributed by atoms with E-state index in [2.05, 4.69) is 202 Å². The number of hydrogen-bond acceptors (Lipinski definition) is 2. The van der Waals surface area contributed by atoms with Gasteiger partial charge in [0.2, 0.25) is 0 Å². The maximum absolute atomic E-state index is 5.21. The van der Waals surface area contributed by atoms with Crippen LogP contribution in [0.1, 0.15) is 0 Å². The Morgan fingerprint density at radius 2 is 0.932 bits per heavy atom. The lowest BCUT2D eigenvalue weighted by Gasteiger charge is -2.13. The van der Waals surface area contributed by atoms with E-state index in [1.807, 2.05) is 0 Å². The van der Waals surface area contributed by atoms with Crippen molar-refractivity contribution in [2.24, 2.45) is 0 Å². The molecule has 5 heteroatoms. The summed E-state index contributed by atoms with van der Waals surface area (Å²) in [7, 11) is 0. The summed E-state index contributed by atoms with van der Waals surface area (Å²) in [6.07, 6.45) is 0. The van der Waals surface area contributed by atoms with Crippen LogP contribution in [0.4, 0.5) is 0 Å². The Morgan fingerprint density at radius 3 is 1.73 bits per heavy atom. The second kappa shape index (κ2) is 11.3. The zero-order valence-corrected chi connectivity index (χ0v) is 31.6. The van der Waals surface area contributed by atoms with E-state index in [9.17, 15) is 0 Å². The second-order valence-corrected chi connectivity index (χ2v) is 15.8. The summed E-state index contributed by atoms with van der Waals surface area (Å²) in [5.41, 5.74) is 11.3. The fraction of sp³-hybridized carbons (Fsp3) is 0. The fourth-order valence-corrected chi connectivity index (χ4v) is 10.4. The van der Waals surface area contributed by atoms with Crippen LogP contribution in [-0.4, -0.2) is 23.7 Å². The molecule has 59 heavy (non-hydrogen) atoms. The van der Waals surface area contributed by atoms with Gasteiger partial charge in [-0.25, -0.2) is 0 Å². The fourth-order valence-electron chi connectivity index (χ4n) is 10.4. The highest BCUT2D eigenvalue weighted by atomic mass is 15.2. The van der Waals surface area contributed by atoms with E-state index < -0.39 is 0 Å². The highest BCUT2D eigenvalue weighted by Gasteiger charge is 2.26. The van der Waals surface area contributed by atoms with E-state index in [1.54, 1.807) is 0 Å². The minimum atomic E-state index is 0.821. The van der Waals surface area contributed by atoms with Crippen molar-refractivity contribution in [3.05, 3.63) is 188 Å². The third-order valence-electron chi connectivity index (χ3n) is 12.8. The zero-order chi connectivity index (χ0) is 38.3. The molecule has 0 bridgehead atoms. The van der Waals surface area contributed by atoms with E-state index in [4.69, 9.17) is 10.2 Å². The monoisotopic (exact) mass is 749 g/mol. The molecule has 0 amide bonds. The first kappa shape index (κ1) is 31.1.